The minimum atomic E-state index is -3.36. The quantitative estimate of drug-likeness (QED) is 0.645. The molecule has 1 unspecified atom stereocenters. The molecule has 0 radical (unpaired) electrons. The van der Waals surface area contributed by atoms with Crippen molar-refractivity contribution in [2.75, 3.05) is 30.4 Å². The van der Waals surface area contributed by atoms with Crippen molar-refractivity contribution in [2.24, 2.45) is 5.92 Å². The smallest absolute Gasteiger partial charge is 0.211 e. The number of hydrogen-bond donors (Lipinski definition) is 1. The van der Waals surface area contributed by atoms with Crippen molar-refractivity contribution < 1.29 is 21.6 Å². The van der Waals surface area contributed by atoms with Crippen molar-refractivity contribution in [3.63, 3.8) is 0 Å². The lowest BCUT2D eigenvalue weighted by Crippen LogP contribution is -2.29. The van der Waals surface area contributed by atoms with E-state index in [2.05, 4.69) is 9.71 Å². The van der Waals surface area contributed by atoms with Gasteiger partial charge in [0.2, 0.25) is 10.0 Å². The van der Waals surface area contributed by atoms with Crippen LogP contribution >= 0.6 is 0 Å². The summed E-state index contributed by atoms with van der Waals surface area (Å²) < 4.78 is 54.4. The fourth-order valence-corrected chi connectivity index (χ4v) is 5.57. The Morgan fingerprint density at radius 1 is 1.39 bits per heavy atom. The Balaban J connectivity index is 1.60. The molecule has 7 nitrogen and oxygen atoms in total. The second-order valence-electron chi connectivity index (χ2n) is 5.66. The Morgan fingerprint density at radius 2 is 2.22 bits per heavy atom. The molecule has 1 aliphatic heterocycles. The average molecular weight is 362 g/mol. The van der Waals surface area contributed by atoms with Crippen LogP contribution in [0.5, 0.6) is 5.75 Å². The Labute approximate surface area is 137 Å². The van der Waals surface area contributed by atoms with E-state index in [1.54, 1.807) is 24.5 Å². The summed E-state index contributed by atoms with van der Waals surface area (Å²) in [7, 11) is -6.31. The topological polar surface area (TPSA) is 102 Å². The third-order valence-electron chi connectivity index (χ3n) is 3.67. The van der Waals surface area contributed by atoms with Crippen molar-refractivity contribution in [3.05, 3.63) is 24.5 Å². The molecule has 0 saturated carbocycles. The number of nitrogens with one attached hydrogen (secondary N) is 1. The molecule has 1 fully saturated rings. The maximum absolute atomic E-state index is 11.9. The van der Waals surface area contributed by atoms with Gasteiger partial charge < -0.3 is 4.74 Å². The fraction of sp³-hybridized carbons (Fsp3) is 0.643. The number of ether oxygens (including phenoxy) is 1. The third-order valence-corrected chi connectivity index (χ3v) is 6.92. The summed E-state index contributed by atoms with van der Waals surface area (Å²) in [5.41, 5.74) is 0. The van der Waals surface area contributed by atoms with Crippen molar-refractivity contribution in [1.29, 1.82) is 0 Å². The number of nitrogens with zero attached hydrogens (tertiary/aromatic N) is 1. The van der Waals surface area contributed by atoms with Crippen LogP contribution in [0.3, 0.4) is 0 Å². The average Bonchev–Trinajstić information content (AvgIpc) is 2.85. The van der Waals surface area contributed by atoms with E-state index in [0.29, 0.717) is 38.2 Å². The van der Waals surface area contributed by atoms with Gasteiger partial charge in [0.25, 0.3) is 0 Å². The molecule has 1 atom stereocenters. The first kappa shape index (κ1) is 18.2. The predicted octanol–water partition coefficient (Wildman–Crippen LogP) is 0.595. The first-order chi connectivity index (χ1) is 10.9. The lowest BCUT2D eigenvalue weighted by molar-refractivity contribution is 0.310. The normalized spacial score (nSPS) is 20.4. The summed E-state index contributed by atoms with van der Waals surface area (Å²) in [5.74, 6) is 0.873. The van der Waals surface area contributed by atoms with Gasteiger partial charge in [-0.05, 0) is 37.3 Å². The second-order valence-corrected chi connectivity index (χ2v) is 9.82. The van der Waals surface area contributed by atoms with E-state index in [1.807, 2.05) is 0 Å². The van der Waals surface area contributed by atoms with E-state index in [4.69, 9.17) is 4.74 Å². The molecule has 0 amide bonds. The van der Waals surface area contributed by atoms with Crippen molar-refractivity contribution in [1.82, 2.24) is 9.71 Å². The summed E-state index contributed by atoms with van der Waals surface area (Å²) in [6.07, 6.45) is 4.75. The Kier molecular flexibility index (Phi) is 6.37. The molecule has 1 aromatic rings. The predicted molar refractivity (Wildman–Crippen MR) is 87.5 cm³/mol. The van der Waals surface area contributed by atoms with E-state index >= 15 is 0 Å². The van der Waals surface area contributed by atoms with Crippen LogP contribution in [0.2, 0.25) is 0 Å². The highest BCUT2D eigenvalue weighted by Gasteiger charge is 2.28. The van der Waals surface area contributed by atoms with E-state index < -0.39 is 19.9 Å². The van der Waals surface area contributed by atoms with Gasteiger partial charge >= 0.3 is 0 Å². The van der Waals surface area contributed by atoms with Gasteiger partial charge in [0.05, 0.1) is 30.1 Å². The largest absolute Gasteiger partial charge is 0.492 e. The fourth-order valence-electron chi connectivity index (χ4n) is 2.42. The SMILES string of the molecule is O=S1(=O)CCC(CCS(=O)(=O)NCCCOc2cccnc2)C1. The molecule has 0 spiro atoms. The zero-order chi connectivity index (χ0) is 16.8. The molecule has 2 rings (SSSR count). The van der Waals surface area contributed by atoms with Gasteiger partial charge in [-0.25, -0.2) is 21.6 Å². The number of rotatable bonds is 9. The first-order valence-electron chi connectivity index (χ1n) is 7.57. The van der Waals surface area contributed by atoms with Crippen LogP contribution in [-0.4, -0.2) is 52.2 Å². The lowest BCUT2D eigenvalue weighted by Gasteiger charge is -2.10. The van der Waals surface area contributed by atoms with Crippen LogP contribution in [0.1, 0.15) is 19.3 Å². The van der Waals surface area contributed by atoms with Gasteiger partial charge in [0.1, 0.15) is 5.75 Å². The Bertz CT molecular complexity index is 689. The van der Waals surface area contributed by atoms with E-state index in [0.717, 1.165) is 0 Å². The molecule has 1 aromatic heterocycles. The van der Waals surface area contributed by atoms with Gasteiger partial charge in [-0.15, -0.1) is 0 Å². The van der Waals surface area contributed by atoms with Crippen LogP contribution in [0.25, 0.3) is 0 Å². The summed E-state index contributed by atoms with van der Waals surface area (Å²) >= 11 is 0. The molecule has 1 saturated heterocycles. The van der Waals surface area contributed by atoms with Gasteiger partial charge in [0.15, 0.2) is 9.84 Å². The summed E-state index contributed by atoms with van der Waals surface area (Å²) in [6.45, 7) is 0.695. The molecule has 1 aliphatic rings. The Morgan fingerprint density at radius 3 is 2.87 bits per heavy atom. The molecule has 9 heteroatoms. The molecule has 130 valence electrons. The zero-order valence-electron chi connectivity index (χ0n) is 12.8. The Hall–Kier alpha value is -1.19. The molecular formula is C14H22N2O5S2. The number of pyridine rings is 1. The number of sulfonamides is 1. The van der Waals surface area contributed by atoms with Crippen molar-refractivity contribution in [3.8, 4) is 5.75 Å². The third kappa shape index (κ3) is 6.84. The second kappa shape index (κ2) is 8.07. The van der Waals surface area contributed by atoms with Crippen LogP contribution < -0.4 is 9.46 Å². The molecule has 1 N–H and O–H groups in total. The minimum absolute atomic E-state index is 0.0311. The lowest BCUT2D eigenvalue weighted by atomic mass is 10.1. The van der Waals surface area contributed by atoms with Crippen LogP contribution in [0.4, 0.5) is 0 Å². The zero-order valence-corrected chi connectivity index (χ0v) is 14.5. The molecule has 0 aromatic carbocycles. The van der Waals surface area contributed by atoms with Crippen molar-refractivity contribution >= 4 is 19.9 Å². The van der Waals surface area contributed by atoms with E-state index in [-0.39, 0.29) is 23.2 Å². The van der Waals surface area contributed by atoms with E-state index in [9.17, 15) is 16.8 Å². The highest BCUT2D eigenvalue weighted by Crippen LogP contribution is 2.21. The van der Waals surface area contributed by atoms with Gasteiger partial charge in [-0.1, -0.05) is 0 Å². The van der Waals surface area contributed by atoms with Gasteiger partial charge in [0, 0.05) is 12.7 Å². The standard InChI is InChI=1S/C14H22N2O5S2/c17-22(18)9-4-13(12-22)5-10-23(19,20)16-7-2-8-21-14-3-1-6-15-11-14/h1,3,6,11,13,16H,2,4-5,7-10,12H2. The van der Waals surface area contributed by atoms with Gasteiger partial charge in [-0.3, -0.25) is 4.98 Å². The van der Waals surface area contributed by atoms with E-state index in [1.165, 1.54) is 0 Å². The highest BCUT2D eigenvalue weighted by molar-refractivity contribution is 7.91. The number of sulfone groups is 1. The summed E-state index contributed by atoms with van der Waals surface area (Å²) in [5, 5.41) is 0. The number of aromatic nitrogens is 1. The maximum Gasteiger partial charge on any atom is 0.211 e. The molecule has 2 heterocycles. The highest BCUT2D eigenvalue weighted by atomic mass is 32.2. The summed E-state index contributed by atoms with van der Waals surface area (Å²) in [4.78, 5) is 3.92. The van der Waals surface area contributed by atoms with Crippen molar-refractivity contribution in [2.45, 2.75) is 19.3 Å². The molecule has 0 bridgehead atoms. The first-order valence-corrected chi connectivity index (χ1v) is 11.0. The van der Waals surface area contributed by atoms with Gasteiger partial charge in [-0.2, -0.15) is 0 Å². The monoisotopic (exact) mass is 362 g/mol. The maximum atomic E-state index is 11.9. The summed E-state index contributed by atoms with van der Waals surface area (Å²) in [6, 6.07) is 3.55. The van der Waals surface area contributed by atoms with Crippen LogP contribution in [0, 0.1) is 5.92 Å². The molecular weight excluding hydrogens is 340 g/mol. The number of hydrogen-bond acceptors (Lipinski definition) is 6. The molecule has 0 aliphatic carbocycles. The van der Waals surface area contributed by atoms with Crippen LogP contribution in [-0.2, 0) is 19.9 Å². The minimum Gasteiger partial charge on any atom is -0.492 e. The molecule has 23 heavy (non-hydrogen) atoms. The van der Waals surface area contributed by atoms with Crippen LogP contribution in [0.15, 0.2) is 24.5 Å².